The van der Waals surface area contributed by atoms with Crippen LogP contribution in [0.4, 0.5) is 8.78 Å². The second kappa shape index (κ2) is 9.25. The number of carbonyl (C=O) groups excluding carboxylic acids is 1. The summed E-state index contributed by atoms with van der Waals surface area (Å²) in [6.45, 7) is 1.69. The lowest BCUT2D eigenvalue weighted by Crippen LogP contribution is -2.34. The maximum absolute atomic E-state index is 13.7. The molecule has 30 heavy (non-hydrogen) atoms. The van der Waals surface area contributed by atoms with Crippen LogP contribution < -0.4 is 5.32 Å². The molecule has 0 saturated heterocycles. The molecule has 0 bridgehead atoms. The van der Waals surface area contributed by atoms with Gasteiger partial charge in [-0.15, -0.1) is 0 Å². The van der Waals surface area contributed by atoms with Gasteiger partial charge in [0.25, 0.3) is 12.3 Å². The van der Waals surface area contributed by atoms with Gasteiger partial charge >= 0.3 is 5.97 Å². The average Bonchev–Trinajstić information content (AvgIpc) is 3.17. The first-order valence-electron chi connectivity index (χ1n) is 9.20. The Kier molecular flexibility index (Phi) is 6.51. The van der Waals surface area contributed by atoms with Crippen molar-refractivity contribution in [3.8, 4) is 5.69 Å². The van der Waals surface area contributed by atoms with Crippen LogP contribution in [0, 0.1) is 12.8 Å². The van der Waals surface area contributed by atoms with Crippen LogP contribution in [0.3, 0.4) is 0 Å². The number of aromatic nitrogens is 3. The first-order valence-corrected chi connectivity index (χ1v) is 9.20. The molecule has 156 valence electrons. The van der Waals surface area contributed by atoms with E-state index in [1.54, 1.807) is 6.07 Å². The summed E-state index contributed by atoms with van der Waals surface area (Å²) in [6, 6.07) is 10.4. The lowest BCUT2D eigenvalue weighted by Gasteiger charge is -2.14. The van der Waals surface area contributed by atoms with Gasteiger partial charge in [-0.1, -0.05) is 29.8 Å². The summed E-state index contributed by atoms with van der Waals surface area (Å²) in [5.41, 5.74) is 1.27. The Morgan fingerprint density at radius 3 is 2.57 bits per heavy atom. The summed E-state index contributed by atoms with van der Waals surface area (Å²) in [4.78, 5) is 28.0. The van der Waals surface area contributed by atoms with Gasteiger partial charge in [0.15, 0.2) is 0 Å². The first-order chi connectivity index (χ1) is 14.4. The number of amides is 1. The molecular formula is C21H20F2N4O3. The van der Waals surface area contributed by atoms with Crippen LogP contribution in [0.15, 0.2) is 55.0 Å². The molecule has 7 nitrogen and oxygen atoms in total. The van der Waals surface area contributed by atoms with Gasteiger partial charge in [0.05, 0.1) is 23.4 Å². The Morgan fingerprint density at radius 2 is 1.93 bits per heavy atom. The van der Waals surface area contributed by atoms with Crippen LogP contribution in [0.25, 0.3) is 5.69 Å². The number of rotatable bonds is 8. The summed E-state index contributed by atoms with van der Waals surface area (Å²) in [5, 5.41) is 15.8. The van der Waals surface area contributed by atoms with Gasteiger partial charge in [0, 0.05) is 18.9 Å². The highest BCUT2D eigenvalue weighted by atomic mass is 19.3. The molecule has 2 heterocycles. The fourth-order valence-corrected chi connectivity index (χ4v) is 3.12. The highest BCUT2D eigenvalue weighted by Crippen LogP contribution is 2.25. The predicted octanol–water partition coefficient (Wildman–Crippen LogP) is 3.19. The van der Waals surface area contributed by atoms with Gasteiger partial charge in [-0.25, -0.2) is 13.5 Å². The Hall–Kier alpha value is -3.62. The minimum absolute atomic E-state index is 0.203. The smallest absolute Gasteiger partial charge is 0.308 e. The number of nitrogens with one attached hydrogen (secondary N) is 1. The SMILES string of the molecule is Cc1cccc(CC(CNC(=O)c2cnn(-c3ccncc3)c2C(F)F)C(=O)O)c1. The van der Waals surface area contributed by atoms with Crippen molar-refractivity contribution >= 4 is 11.9 Å². The Bertz CT molecular complexity index is 1040. The van der Waals surface area contributed by atoms with Crippen molar-refractivity contribution in [2.45, 2.75) is 19.8 Å². The number of pyridine rings is 1. The van der Waals surface area contributed by atoms with Crippen molar-refractivity contribution in [2.24, 2.45) is 5.92 Å². The van der Waals surface area contributed by atoms with Crippen LogP contribution in [-0.2, 0) is 11.2 Å². The standard InChI is InChI=1S/C21H20F2N4O3/c1-13-3-2-4-14(9-13)10-15(21(29)30)11-25-20(28)17-12-26-27(18(17)19(22)23)16-5-7-24-8-6-16/h2-9,12,15,19H,10-11H2,1H3,(H,25,28)(H,29,30). The quantitative estimate of drug-likeness (QED) is 0.590. The normalized spacial score (nSPS) is 12.0. The van der Waals surface area contributed by atoms with Crippen molar-refractivity contribution in [3.63, 3.8) is 0 Å². The van der Waals surface area contributed by atoms with Crippen molar-refractivity contribution in [1.82, 2.24) is 20.1 Å². The van der Waals surface area contributed by atoms with Crippen LogP contribution in [0.1, 0.15) is 33.6 Å². The summed E-state index contributed by atoms with van der Waals surface area (Å²) in [6.07, 6.45) is 1.15. The second-order valence-corrected chi connectivity index (χ2v) is 6.80. The van der Waals surface area contributed by atoms with E-state index in [2.05, 4.69) is 15.4 Å². The fourth-order valence-electron chi connectivity index (χ4n) is 3.12. The number of hydrogen-bond donors (Lipinski definition) is 2. The van der Waals surface area contributed by atoms with Crippen LogP contribution in [0.5, 0.6) is 0 Å². The zero-order valence-corrected chi connectivity index (χ0v) is 16.1. The van der Waals surface area contributed by atoms with Crippen molar-refractivity contribution in [1.29, 1.82) is 0 Å². The number of aryl methyl sites for hydroxylation is 1. The van der Waals surface area contributed by atoms with E-state index in [0.717, 1.165) is 22.0 Å². The minimum atomic E-state index is -2.95. The summed E-state index contributed by atoms with van der Waals surface area (Å²) >= 11 is 0. The zero-order valence-electron chi connectivity index (χ0n) is 16.1. The van der Waals surface area contributed by atoms with E-state index in [0.29, 0.717) is 5.69 Å². The number of benzene rings is 1. The molecule has 3 aromatic rings. The van der Waals surface area contributed by atoms with Gasteiger partial charge < -0.3 is 10.4 Å². The molecule has 0 aliphatic carbocycles. The zero-order chi connectivity index (χ0) is 21.7. The highest BCUT2D eigenvalue weighted by Gasteiger charge is 2.26. The van der Waals surface area contributed by atoms with E-state index in [-0.39, 0.29) is 18.5 Å². The second-order valence-electron chi connectivity index (χ2n) is 6.80. The third-order valence-electron chi connectivity index (χ3n) is 4.59. The fraction of sp³-hybridized carbons (Fsp3) is 0.238. The molecule has 9 heteroatoms. The average molecular weight is 414 g/mol. The van der Waals surface area contributed by atoms with E-state index in [1.165, 1.54) is 24.5 Å². The Balaban J connectivity index is 1.76. The number of nitrogens with zero attached hydrogens (tertiary/aromatic N) is 3. The van der Waals surface area contributed by atoms with Crippen molar-refractivity contribution in [3.05, 3.63) is 77.4 Å². The molecule has 0 saturated carbocycles. The molecule has 0 spiro atoms. The van der Waals surface area contributed by atoms with Crippen LogP contribution in [0.2, 0.25) is 0 Å². The molecule has 1 atom stereocenters. The van der Waals surface area contributed by atoms with E-state index in [4.69, 9.17) is 0 Å². The molecule has 0 radical (unpaired) electrons. The van der Waals surface area contributed by atoms with E-state index < -0.39 is 29.9 Å². The number of aliphatic carboxylic acids is 1. The first kappa shape index (κ1) is 21.1. The summed E-state index contributed by atoms with van der Waals surface area (Å²) in [5.74, 6) is -2.79. The number of carbonyl (C=O) groups is 2. The van der Waals surface area contributed by atoms with E-state index in [1.807, 2.05) is 25.1 Å². The molecule has 1 amide bonds. The topological polar surface area (TPSA) is 97.1 Å². The molecule has 0 aliphatic rings. The molecule has 1 aromatic carbocycles. The van der Waals surface area contributed by atoms with Gasteiger partial charge in [0.1, 0.15) is 5.69 Å². The number of hydrogen-bond acceptors (Lipinski definition) is 4. The number of alkyl halides is 2. The van der Waals surface area contributed by atoms with E-state index >= 15 is 0 Å². The Labute approximate surface area is 171 Å². The molecule has 2 N–H and O–H groups in total. The van der Waals surface area contributed by atoms with Crippen LogP contribution >= 0.6 is 0 Å². The molecule has 0 fully saturated rings. The maximum Gasteiger partial charge on any atom is 0.308 e. The molecular weight excluding hydrogens is 394 g/mol. The maximum atomic E-state index is 13.7. The molecule has 2 aromatic heterocycles. The lowest BCUT2D eigenvalue weighted by molar-refractivity contribution is -0.141. The van der Waals surface area contributed by atoms with Gasteiger partial charge in [-0.3, -0.25) is 14.6 Å². The van der Waals surface area contributed by atoms with Crippen molar-refractivity contribution < 1.29 is 23.5 Å². The van der Waals surface area contributed by atoms with Gasteiger partial charge in [-0.2, -0.15) is 5.10 Å². The summed E-state index contributed by atoms with van der Waals surface area (Å²) < 4.78 is 28.3. The monoisotopic (exact) mass is 414 g/mol. The third kappa shape index (κ3) is 4.86. The van der Waals surface area contributed by atoms with Gasteiger partial charge in [0.2, 0.25) is 0 Å². The number of carboxylic acids is 1. The number of carboxylic acid groups (broad SMARTS) is 1. The molecule has 0 aliphatic heterocycles. The van der Waals surface area contributed by atoms with E-state index in [9.17, 15) is 23.5 Å². The largest absolute Gasteiger partial charge is 0.481 e. The van der Waals surface area contributed by atoms with Crippen LogP contribution in [-0.4, -0.2) is 38.3 Å². The van der Waals surface area contributed by atoms with Crippen molar-refractivity contribution in [2.75, 3.05) is 6.54 Å². The third-order valence-corrected chi connectivity index (χ3v) is 4.59. The highest BCUT2D eigenvalue weighted by molar-refractivity contribution is 5.95. The van der Waals surface area contributed by atoms with Gasteiger partial charge in [-0.05, 0) is 31.0 Å². The molecule has 3 rings (SSSR count). The number of halogens is 2. The predicted molar refractivity (Wildman–Crippen MR) is 105 cm³/mol. The Morgan fingerprint density at radius 1 is 1.20 bits per heavy atom. The minimum Gasteiger partial charge on any atom is -0.481 e. The summed E-state index contributed by atoms with van der Waals surface area (Å²) in [7, 11) is 0. The lowest BCUT2D eigenvalue weighted by atomic mass is 9.98. The molecule has 1 unspecified atom stereocenters.